The van der Waals surface area contributed by atoms with Gasteiger partial charge in [0.05, 0.1) is 6.42 Å². The lowest BCUT2D eigenvalue weighted by Gasteiger charge is -2.20. The van der Waals surface area contributed by atoms with E-state index in [1.807, 2.05) is 6.07 Å². The fraction of sp³-hybridized carbons (Fsp3) is 0.500. The van der Waals surface area contributed by atoms with Crippen molar-refractivity contribution in [3.63, 3.8) is 0 Å². The molecule has 1 atom stereocenters. The molecule has 92 valence electrons. The van der Waals surface area contributed by atoms with Crippen molar-refractivity contribution in [1.82, 2.24) is 0 Å². The normalized spacial score (nSPS) is 16.9. The number of hydrogen-bond acceptors (Lipinski definition) is 1. The van der Waals surface area contributed by atoms with E-state index in [1.165, 1.54) is 16.7 Å². The molecular formula is C14H17BrO2. The molecule has 17 heavy (non-hydrogen) atoms. The maximum Gasteiger partial charge on any atom is 0.303 e. The number of carboxylic acid groups (broad SMARTS) is 1. The average molecular weight is 297 g/mol. The lowest BCUT2D eigenvalue weighted by molar-refractivity contribution is -0.137. The number of hydrogen-bond donors (Lipinski definition) is 1. The van der Waals surface area contributed by atoms with Crippen molar-refractivity contribution in [3.8, 4) is 0 Å². The van der Waals surface area contributed by atoms with E-state index in [9.17, 15) is 4.79 Å². The van der Waals surface area contributed by atoms with Crippen molar-refractivity contribution in [2.24, 2.45) is 5.92 Å². The Hall–Kier alpha value is -0.830. The van der Waals surface area contributed by atoms with E-state index >= 15 is 0 Å². The summed E-state index contributed by atoms with van der Waals surface area (Å²) >= 11 is 3.57. The zero-order chi connectivity index (χ0) is 12.6. The summed E-state index contributed by atoms with van der Waals surface area (Å²) in [6, 6.07) is 4.11. The van der Waals surface area contributed by atoms with Crippen LogP contribution in [-0.2, 0) is 4.79 Å². The summed E-state index contributed by atoms with van der Waals surface area (Å²) < 4.78 is 1.05. The summed E-state index contributed by atoms with van der Waals surface area (Å²) in [6.07, 6.45) is 2.57. The molecule has 0 heterocycles. The van der Waals surface area contributed by atoms with Crippen LogP contribution in [0.15, 0.2) is 16.6 Å². The number of benzene rings is 1. The SMILES string of the molecule is Cc1ccc(Br)c(C(CC(=O)O)C2CC2)c1C. The first-order chi connectivity index (χ1) is 8.00. The Labute approximate surface area is 110 Å². The fourth-order valence-corrected chi connectivity index (χ4v) is 3.17. The first-order valence-corrected chi connectivity index (χ1v) is 6.77. The largest absolute Gasteiger partial charge is 0.481 e. The van der Waals surface area contributed by atoms with E-state index in [2.05, 4.69) is 35.8 Å². The van der Waals surface area contributed by atoms with Gasteiger partial charge in [0.2, 0.25) is 0 Å². The zero-order valence-corrected chi connectivity index (χ0v) is 11.8. The molecule has 0 saturated heterocycles. The van der Waals surface area contributed by atoms with Crippen molar-refractivity contribution >= 4 is 21.9 Å². The van der Waals surface area contributed by atoms with Gasteiger partial charge in [0.15, 0.2) is 0 Å². The van der Waals surface area contributed by atoms with E-state index in [4.69, 9.17) is 5.11 Å². The van der Waals surface area contributed by atoms with Crippen LogP contribution in [-0.4, -0.2) is 11.1 Å². The first kappa shape index (κ1) is 12.6. The van der Waals surface area contributed by atoms with E-state index in [1.54, 1.807) is 0 Å². The van der Waals surface area contributed by atoms with Gasteiger partial charge in [-0.1, -0.05) is 22.0 Å². The minimum Gasteiger partial charge on any atom is -0.481 e. The average Bonchev–Trinajstić information content (AvgIpc) is 3.06. The Balaban J connectivity index is 2.41. The summed E-state index contributed by atoms with van der Waals surface area (Å²) in [5.74, 6) is 0.0272. The van der Waals surface area contributed by atoms with Gasteiger partial charge in [-0.25, -0.2) is 0 Å². The van der Waals surface area contributed by atoms with E-state index < -0.39 is 5.97 Å². The summed E-state index contributed by atoms with van der Waals surface area (Å²) in [5, 5.41) is 9.06. The second-order valence-electron chi connectivity index (χ2n) is 4.94. The molecule has 1 unspecified atom stereocenters. The van der Waals surface area contributed by atoms with Gasteiger partial charge in [0.25, 0.3) is 0 Å². The van der Waals surface area contributed by atoms with Crippen LogP contribution in [0.3, 0.4) is 0 Å². The topological polar surface area (TPSA) is 37.3 Å². The number of rotatable bonds is 4. The van der Waals surface area contributed by atoms with Gasteiger partial charge in [-0.05, 0) is 61.3 Å². The smallest absolute Gasteiger partial charge is 0.303 e. The van der Waals surface area contributed by atoms with Crippen LogP contribution in [0, 0.1) is 19.8 Å². The highest BCUT2D eigenvalue weighted by Gasteiger charge is 2.35. The molecule has 1 aromatic carbocycles. The molecule has 1 saturated carbocycles. The number of carboxylic acids is 1. The third-order valence-corrected chi connectivity index (χ3v) is 4.38. The summed E-state index contributed by atoms with van der Waals surface area (Å²) in [6.45, 7) is 4.17. The third kappa shape index (κ3) is 2.71. The number of halogens is 1. The Kier molecular flexibility index (Phi) is 3.57. The van der Waals surface area contributed by atoms with E-state index in [-0.39, 0.29) is 12.3 Å². The molecule has 1 fully saturated rings. The molecule has 2 nitrogen and oxygen atoms in total. The summed E-state index contributed by atoms with van der Waals surface area (Å²) in [7, 11) is 0. The van der Waals surface area contributed by atoms with Gasteiger partial charge >= 0.3 is 5.97 Å². The number of carbonyl (C=O) groups is 1. The van der Waals surface area contributed by atoms with Crippen molar-refractivity contribution in [2.45, 2.75) is 39.0 Å². The van der Waals surface area contributed by atoms with E-state index in [0.29, 0.717) is 5.92 Å². The molecule has 1 aromatic rings. The lowest BCUT2D eigenvalue weighted by Crippen LogP contribution is -2.11. The van der Waals surface area contributed by atoms with Crippen LogP contribution in [0.25, 0.3) is 0 Å². The third-order valence-electron chi connectivity index (χ3n) is 3.69. The Morgan fingerprint density at radius 3 is 2.65 bits per heavy atom. The molecule has 3 heteroatoms. The molecule has 0 amide bonds. The molecule has 0 aliphatic heterocycles. The lowest BCUT2D eigenvalue weighted by atomic mass is 9.86. The van der Waals surface area contributed by atoms with Crippen molar-refractivity contribution in [3.05, 3.63) is 33.3 Å². The maximum atomic E-state index is 11.0. The Morgan fingerprint density at radius 2 is 2.12 bits per heavy atom. The van der Waals surface area contributed by atoms with Gasteiger partial charge in [0.1, 0.15) is 0 Å². The molecule has 0 spiro atoms. The molecule has 0 bridgehead atoms. The second-order valence-corrected chi connectivity index (χ2v) is 5.80. The van der Waals surface area contributed by atoms with Crippen molar-refractivity contribution < 1.29 is 9.90 Å². The molecule has 0 aromatic heterocycles. The van der Waals surface area contributed by atoms with Gasteiger partial charge in [-0.3, -0.25) is 4.79 Å². The fourth-order valence-electron chi connectivity index (χ4n) is 2.45. The zero-order valence-electron chi connectivity index (χ0n) is 10.2. The van der Waals surface area contributed by atoms with Crippen molar-refractivity contribution in [1.29, 1.82) is 0 Å². The molecule has 1 aliphatic carbocycles. The highest BCUT2D eigenvalue weighted by Crippen LogP contribution is 2.47. The first-order valence-electron chi connectivity index (χ1n) is 5.98. The highest BCUT2D eigenvalue weighted by molar-refractivity contribution is 9.10. The Morgan fingerprint density at radius 1 is 1.47 bits per heavy atom. The Bertz CT molecular complexity index is 450. The highest BCUT2D eigenvalue weighted by atomic mass is 79.9. The number of aryl methyl sites for hydroxylation is 1. The predicted molar refractivity (Wildman–Crippen MR) is 71.3 cm³/mol. The van der Waals surface area contributed by atoms with Crippen molar-refractivity contribution in [2.75, 3.05) is 0 Å². The molecular weight excluding hydrogens is 280 g/mol. The van der Waals surface area contributed by atoms with Gasteiger partial charge < -0.3 is 5.11 Å². The minimum absolute atomic E-state index is 0.168. The second kappa shape index (κ2) is 4.81. The summed E-state index contributed by atoms with van der Waals surface area (Å²) in [5.41, 5.74) is 3.67. The van der Waals surface area contributed by atoms with Crippen LogP contribution in [0.2, 0.25) is 0 Å². The van der Waals surface area contributed by atoms with E-state index in [0.717, 1.165) is 17.3 Å². The molecule has 1 N–H and O–H groups in total. The molecule has 1 aliphatic rings. The monoisotopic (exact) mass is 296 g/mol. The molecule has 2 rings (SSSR count). The van der Waals surface area contributed by atoms with Crippen LogP contribution >= 0.6 is 15.9 Å². The van der Waals surface area contributed by atoms with Crippen LogP contribution in [0.4, 0.5) is 0 Å². The predicted octanol–water partition coefficient (Wildman–Crippen LogP) is 4.03. The van der Waals surface area contributed by atoms with Gasteiger partial charge in [-0.15, -0.1) is 0 Å². The molecule has 0 radical (unpaired) electrons. The van der Waals surface area contributed by atoms with Crippen LogP contribution in [0.1, 0.15) is 41.9 Å². The number of aliphatic carboxylic acids is 1. The quantitative estimate of drug-likeness (QED) is 0.911. The van der Waals surface area contributed by atoms with Gasteiger partial charge in [-0.2, -0.15) is 0 Å². The standard InChI is InChI=1S/C14H17BrO2/c1-8-3-6-12(15)14(9(8)2)11(7-13(16)17)10-4-5-10/h3,6,10-11H,4-5,7H2,1-2H3,(H,16,17). The van der Waals surface area contributed by atoms with Crippen LogP contribution < -0.4 is 0 Å². The van der Waals surface area contributed by atoms with Gasteiger partial charge in [0, 0.05) is 4.47 Å². The maximum absolute atomic E-state index is 11.0. The summed E-state index contributed by atoms with van der Waals surface area (Å²) in [4.78, 5) is 11.0. The minimum atomic E-state index is -0.699. The van der Waals surface area contributed by atoms with Crippen LogP contribution in [0.5, 0.6) is 0 Å².